The molecule has 0 heterocycles. The van der Waals surface area contributed by atoms with Crippen molar-refractivity contribution in [2.75, 3.05) is 26.8 Å². The quantitative estimate of drug-likeness (QED) is 0.747. The Kier molecular flexibility index (Phi) is 6.39. The van der Waals surface area contributed by atoms with Gasteiger partial charge in [-0.15, -0.1) is 12.4 Å². The van der Waals surface area contributed by atoms with E-state index in [1.54, 1.807) is 4.90 Å². The van der Waals surface area contributed by atoms with Crippen LogP contribution in [0.2, 0.25) is 0 Å². The van der Waals surface area contributed by atoms with Gasteiger partial charge in [0, 0.05) is 32.2 Å². The summed E-state index contributed by atoms with van der Waals surface area (Å²) < 4.78 is 5.54. The predicted molar refractivity (Wildman–Crippen MR) is 73.7 cm³/mol. The van der Waals surface area contributed by atoms with Crippen molar-refractivity contribution in [3.8, 4) is 0 Å². The number of carbonyl (C=O) groups excluding carboxylic acids is 1. The first-order valence-corrected chi connectivity index (χ1v) is 6.75. The van der Waals surface area contributed by atoms with E-state index in [0.29, 0.717) is 13.2 Å². The summed E-state index contributed by atoms with van der Waals surface area (Å²) in [6.07, 6.45) is 5.42. The third-order valence-electron chi connectivity index (χ3n) is 3.82. The van der Waals surface area contributed by atoms with Gasteiger partial charge in [0.15, 0.2) is 0 Å². The van der Waals surface area contributed by atoms with Crippen LogP contribution in [0.3, 0.4) is 0 Å². The third-order valence-corrected chi connectivity index (χ3v) is 3.82. The van der Waals surface area contributed by atoms with Gasteiger partial charge >= 0.3 is 0 Å². The predicted octanol–water partition coefficient (Wildman–Crippen LogP) is 1.42. The molecule has 0 saturated heterocycles. The number of halogens is 1. The lowest BCUT2D eigenvalue weighted by molar-refractivity contribution is -0.134. The highest BCUT2D eigenvalue weighted by atomic mass is 35.5. The van der Waals surface area contributed by atoms with E-state index < -0.39 is 0 Å². The highest BCUT2D eigenvalue weighted by molar-refractivity contribution is 5.85. The lowest BCUT2D eigenvalue weighted by Crippen LogP contribution is -2.35. The number of nitrogens with two attached hydrogens (primary N) is 1. The van der Waals surface area contributed by atoms with Gasteiger partial charge in [0.05, 0.1) is 6.61 Å². The molecule has 106 valence electrons. The van der Waals surface area contributed by atoms with E-state index in [9.17, 15) is 4.79 Å². The number of hydrogen-bond acceptors (Lipinski definition) is 3. The van der Waals surface area contributed by atoms with Crippen LogP contribution in [0.5, 0.6) is 0 Å². The summed E-state index contributed by atoms with van der Waals surface area (Å²) in [6, 6.07) is 0.225. The van der Waals surface area contributed by atoms with Crippen molar-refractivity contribution in [3.63, 3.8) is 0 Å². The Morgan fingerprint density at radius 2 is 2.06 bits per heavy atom. The highest BCUT2D eigenvalue weighted by Crippen LogP contribution is 2.28. The first-order chi connectivity index (χ1) is 8.16. The molecule has 2 fully saturated rings. The van der Waals surface area contributed by atoms with E-state index in [4.69, 9.17) is 10.5 Å². The van der Waals surface area contributed by atoms with Crippen LogP contribution in [0.1, 0.15) is 32.1 Å². The molecular formula is C13H25ClN2O2. The summed E-state index contributed by atoms with van der Waals surface area (Å²) in [7, 11) is 1.87. The summed E-state index contributed by atoms with van der Waals surface area (Å²) in [5.41, 5.74) is 5.83. The number of amides is 1. The van der Waals surface area contributed by atoms with Gasteiger partial charge in [-0.05, 0) is 38.0 Å². The van der Waals surface area contributed by atoms with Gasteiger partial charge in [-0.2, -0.15) is 0 Å². The molecule has 0 aliphatic heterocycles. The second-order valence-electron chi connectivity index (χ2n) is 5.55. The second kappa shape index (κ2) is 7.31. The fraction of sp³-hybridized carbons (Fsp3) is 0.923. The molecule has 1 amide bonds. The van der Waals surface area contributed by atoms with Gasteiger partial charge < -0.3 is 15.4 Å². The van der Waals surface area contributed by atoms with Gasteiger partial charge in [-0.25, -0.2) is 0 Å². The largest absolute Gasteiger partial charge is 0.379 e. The fourth-order valence-corrected chi connectivity index (χ4v) is 2.40. The molecule has 2 rings (SSSR count). The number of rotatable bonds is 6. The van der Waals surface area contributed by atoms with Gasteiger partial charge in [-0.1, -0.05) is 0 Å². The SMILES string of the molecule is CN(CCOCC1CC1)C(=O)C1CCC(N)C1.Cl. The van der Waals surface area contributed by atoms with E-state index in [1.807, 2.05) is 7.05 Å². The maximum Gasteiger partial charge on any atom is 0.225 e. The minimum atomic E-state index is 0. The first-order valence-electron chi connectivity index (χ1n) is 6.75. The van der Waals surface area contributed by atoms with Gasteiger partial charge in [-0.3, -0.25) is 4.79 Å². The molecule has 2 aliphatic carbocycles. The molecule has 2 atom stereocenters. The monoisotopic (exact) mass is 276 g/mol. The number of hydrogen-bond donors (Lipinski definition) is 1. The van der Waals surface area contributed by atoms with E-state index in [1.165, 1.54) is 12.8 Å². The molecule has 2 unspecified atom stereocenters. The zero-order valence-electron chi connectivity index (χ0n) is 11.1. The Hall–Kier alpha value is -0.320. The topological polar surface area (TPSA) is 55.6 Å². The standard InChI is InChI=1S/C13H24N2O2.ClH/c1-15(6-7-17-9-10-2-3-10)13(16)11-4-5-12(14)8-11;/h10-12H,2-9,14H2,1H3;1H. The molecule has 2 N–H and O–H groups in total. The minimum Gasteiger partial charge on any atom is -0.379 e. The van der Waals surface area contributed by atoms with E-state index in [-0.39, 0.29) is 30.3 Å². The molecule has 2 aliphatic rings. The number of likely N-dealkylation sites (N-methyl/N-ethyl adjacent to an activating group) is 1. The maximum absolute atomic E-state index is 12.0. The summed E-state index contributed by atoms with van der Waals surface area (Å²) in [5, 5.41) is 0. The van der Waals surface area contributed by atoms with Crippen molar-refractivity contribution in [2.45, 2.75) is 38.1 Å². The normalized spacial score (nSPS) is 26.8. The minimum absolute atomic E-state index is 0. The third kappa shape index (κ3) is 4.75. The van der Waals surface area contributed by atoms with Crippen molar-refractivity contribution in [1.82, 2.24) is 4.90 Å². The first kappa shape index (κ1) is 15.7. The second-order valence-corrected chi connectivity index (χ2v) is 5.55. The molecule has 0 aromatic rings. The Labute approximate surface area is 116 Å². The van der Waals surface area contributed by atoms with Crippen LogP contribution in [0, 0.1) is 11.8 Å². The van der Waals surface area contributed by atoms with E-state index in [0.717, 1.165) is 31.8 Å². The molecule has 0 spiro atoms. The summed E-state index contributed by atoms with van der Waals surface area (Å²) >= 11 is 0. The average Bonchev–Trinajstić information content (AvgIpc) is 3.04. The van der Waals surface area contributed by atoms with Crippen LogP contribution >= 0.6 is 12.4 Å². The van der Waals surface area contributed by atoms with Gasteiger partial charge in [0.25, 0.3) is 0 Å². The molecule has 2 saturated carbocycles. The Morgan fingerprint density at radius 1 is 1.33 bits per heavy atom. The van der Waals surface area contributed by atoms with Crippen molar-refractivity contribution < 1.29 is 9.53 Å². The Bertz CT molecular complexity index is 272. The van der Waals surface area contributed by atoms with Crippen LogP contribution in [-0.4, -0.2) is 43.7 Å². The van der Waals surface area contributed by atoms with E-state index >= 15 is 0 Å². The lowest BCUT2D eigenvalue weighted by atomic mass is 10.1. The smallest absolute Gasteiger partial charge is 0.225 e. The Balaban J connectivity index is 0.00000162. The fourth-order valence-electron chi connectivity index (χ4n) is 2.40. The van der Waals surface area contributed by atoms with Crippen molar-refractivity contribution in [2.24, 2.45) is 17.6 Å². The van der Waals surface area contributed by atoms with E-state index in [2.05, 4.69) is 0 Å². The summed E-state index contributed by atoms with van der Waals surface area (Å²) in [5.74, 6) is 1.19. The molecule has 0 bridgehead atoms. The van der Waals surface area contributed by atoms with Crippen molar-refractivity contribution in [1.29, 1.82) is 0 Å². The average molecular weight is 277 g/mol. The van der Waals surface area contributed by atoms with Crippen molar-refractivity contribution in [3.05, 3.63) is 0 Å². The Morgan fingerprint density at radius 3 is 2.61 bits per heavy atom. The number of ether oxygens (including phenoxy) is 1. The number of carbonyl (C=O) groups is 1. The lowest BCUT2D eigenvalue weighted by Gasteiger charge is -2.21. The van der Waals surface area contributed by atoms with Crippen molar-refractivity contribution >= 4 is 18.3 Å². The molecular weight excluding hydrogens is 252 g/mol. The number of nitrogens with zero attached hydrogens (tertiary/aromatic N) is 1. The van der Waals surface area contributed by atoms with Gasteiger partial charge in [0.2, 0.25) is 5.91 Å². The van der Waals surface area contributed by atoms with Crippen LogP contribution in [0.25, 0.3) is 0 Å². The van der Waals surface area contributed by atoms with Gasteiger partial charge in [0.1, 0.15) is 0 Å². The summed E-state index contributed by atoms with van der Waals surface area (Å²) in [6.45, 7) is 2.24. The molecule has 0 radical (unpaired) electrons. The zero-order chi connectivity index (χ0) is 12.3. The van der Waals surface area contributed by atoms with Crippen LogP contribution in [-0.2, 0) is 9.53 Å². The molecule has 5 heteroatoms. The highest BCUT2D eigenvalue weighted by Gasteiger charge is 2.29. The van der Waals surface area contributed by atoms with Crippen LogP contribution < -0.4 is 5.73 Å². The van der Waals surface area contributed by atoms with Crippen LogP contribution in [0.15, 0.2) is 0 Å². The summed E-state index contributed by atoms with van der Waals surface area (Å²) in [4.78, 5) is 13.8. The molecule has 0 aromatic heterocycles. The zero-order valence-corrected chi connectivity index (χ0v) is 12.0. The van der Waals surface area contributed by atoms with Crippen LogP contribution in [0.4, 0.5) is 0 Å². The molecule has 18 heavy (non-hydrogen) atoms. The molecule has 0 aromatic carbocycles. The maximum atomic E-state index is 12.0. The molecule has 4 nitrogen and oxygen atoms in total.